The maximum absolute atomic E-state index is 13.6. The summed E-state index contributed by atoms with van der Waals surface area (Å²) in [6, 6.07) is 10.5. The van der Waals surface area contributed by atoms with E-state index in [1.165, 1.54) is 0 Å². The molecule has 0 aromatic heterocycles. The van der Waals surface area contributed by atoms with Crippen molar-refractivity contribution in [2.24, 2.45) is 5.92 Å². The van der Waals surface area contributed by atoms with Crippen molar-refractivity contribution in [2.75, 3.05) is 56.3 Å². The summed E-state index contributed by atoms with van der Waals surface area (Å²) in [5.41, 5.74) is 2.34. The van der Waals surface area contributed by atoms with Crippen LogP contribution in [-0.4, -0.2) is 73.6 Å². The van der Waals surface area contributed by atoms with Gasteiger partial charge in [0, 0.05) is 62.6 Å². The lowest BCUT2D eigenvalue weighted by atomic mass is 10.1. The Balaban J connectivity index is 1.57. The summed E-state index contributed by atoms with van der Waals surface area (Å²) in [7, 11) is 0. The Kier molecular flexibility index (Phi) is 8.76. The van der Waals surface area contributed by atoms with Gasteiger partial charge in [0.25, 0.3) is 11.8 Å². The van der Waals surface area contributed by atoms with E-state index in [2.05, 4.69) is 24.1 Å². The number of amides is 3. The summed E-state index contributed by atoms with van der Waals surface area (Å²) >= 11 is 0. The molecule has 9 heteroatoms. The maximum atomic E-state index is 13.6. The van der Waals surface area contributed by atoms with Gasteiger partial charge in [-0.05, 0) is 62.6 Å². The number of rotatable bonds is 8. The molecule has 0 radical (unpaired) electrons. The average molecular weight is 523 g/mol. The number of fused-ring (bicyclic) bond motifs is 1. The van der Waals surface area contributed by atoms with E-state index in [1.54, 1.807) is 29.2 Å². The van der Waals surface area contributed by atoms with E-state index in [-0.39, 0.29) is 24.5 Å². The minimum atomic E-state index is -0.300. The van der Waals surface area contributed by atoms with E-state index >= 15 is 0 Å². The Morgan fingerprint density at radius 1 is 0.947 bits per heavy atom. The molecule has 0 saturated carbocycles. The van der Waals surface area contributed by atoms with E-state index in [1.807, 2.05) is 30.9 Å². The van der Waals surface area contributed by atoms with Gasteiger partial charge in [-0.25, -0.2) is 0 Å². The van der Waals surface area contributed by atoms with Gasteiger partial charge in [-0.1, -0.05) is 13.8 Å². The molecule has 0 aliphatic carbocycles. The van der Waals surface area contributed by atoms with Crippen LogP contribution < -0.4 is 19.7 Å². The highest BCUT2D eigenvalue weighted by molar-refractivity contribution is 6.06. The normalized spacial score (nSPS) is 14.9. The van der Waals surface area contributed by atoms with Crippen molar-refractivity contribution in [1.29, 1.82) is 0 Å². The summed E-state index contributed by atoms with van der Waals surface area (Å²) in [5, 5.41) is 2.92. The van der Waals surface area contributed by atoms with Crippen molar-refractivity contribution >= 4 is 29.1 Å². The Morgan fingerprint density at radius 2 is 1.71 bits per heavy atom. The van der Waals surface area contributed by atoms with Crippen molar-refractivity contribution < 1.29 is 23.9 Å². The smallest absolute Gasteiger partial charge is 0.256 e. The average Bonchev–Trinajstić information content (AvgIpc) is 3.23. The molecule has 3 amide bonds. The molecule has 0 spiro atoms. The monoisotopic (exact) mass is 522 g/mol. The number of anilines is 2. The van der Waals surface area contributed by atoms with Gasteiger partial charge < -0.3 is 29.5 Å². The van der Waals surface area contributed by atoms with Crippen molar-refractivity contribution in [2.45, 2.75) is 40.5 Å². The molecule has 2 aliphatic heterocycles. The first kappa shape index (κ1) is 27.3. The number of carbonyl (C=O) groups is 3. The SMILES string of the molecule is CCN(CC)C(=O)c1cc(NC(=O)c2ccc3c(c2)OCO3)ccc1N1CCCN(C(=O)CC(C)C)CC1. The Morgan fingerprint density at radius 3 is 2.45 bits per heavy atom. The minimum Gasteiger partial charge on any atom is -0.454 e. The second-order valence-electron chi connectivity index (χ2n) is 10.1. The summed E-state index contributed by atoms with van der Waals surface area (Å²) < 4.78 is 10.7. The number of hydrogen-bond acceptors (Lipinski definition) is 6. The van der Waals surface area contributed by atoms with E-state index < -0.39 is 0 Å². The lowest BCUT2D eigenvalue weighted by Crippen LogP contribution is -2.37. The largest absolute Gasteiger partial charge is 0.454 e. The second-order valence-corrected chi connectivity index (χ2v) is 10.1. The molecule has 0 unspecified atom stereocenters. The van der Waals surface area contributed by atoms with Crippen molar-refractivity contribution in [3.63, 3.8) is 0 Å². The summed E-state index contributed by atoms with van der Waals surface area (Å²) in [6.45, 7) is 12.0. The number of nitrogens with zero attached hydrogens (tertiary/aromatic N) is 3. The van der Waals surface area contributed by atoms with Crippen LogP contribution in [-0.2, 0) is 4.79 Å². The minimum absolute atomic E-state index is 0.0823. The van der Waals surface area contributed by atoms with Crippen molar-refractivity contribution in [1.82, 2.24) is 9.80 Å². The summed E-state index contributed by atoms with van der Waals surface area (Å²) in [5.74, 6) is 1.27. The standard InChI is InChI=1S/C29H38N4O5/c1-5-31(6-2)29(36)23-18-22(30-28(35)21-8-11-25-26(17-21)38-19-37-25)9-10-24(23)32-12-7-13-33(15-14-32)27(34)16-20(3)4/h8-11,17-18,20H,5-7,12-16,19H2,1-4H3,(H,30,35). The lowest BCUT2D eigenvalue weighted by molar-refractivity contribution is -0.131. The van der Waals surface area contributed by atoms with Gasteiger partial charge >= 0.3 is 0 Å². The number of hydrogen-bond donors (Lipinski definition) is 1. The van der Waals surface area contributed by atoms with Gasteiger partial charge in [-0.3, -0.25) is 14.4 Å². The van der Waals surface area contributed by atoms with Crippen LogP contribution >= 0.6 is 0 Å². The quantitative estimate of drug-likeness (QED) is 0.558. The number of carbonyl (C=O) groups excluding carboxylic acids is 3. The third-order valence-corrected chi connectivity index (χ3v) is 6.94. The first-order valence-corrected chi connectivity index (χ1v) is 13.5. The van der Waals surface area contributed by atoms with Crippen LogP contribution in [0.3, 0.4) is 0 Å². The number of benzene rings is 2. The molecule has 4 rings (SSSR count). The van der Waals surface area contributed by atoms with Crippen LogP contribution in [0, 0.1) is 5.92 Å². The fraction of sp³-hybridized carbons (Fsp3) is 0.483. The van der Waals surface area contributed by atoms with E-state index in [4.69, 9.17) is 9.47 Å². The van der Waals surface area contributed by atoms with Crippen molar-refractivity contribution in [3.05, 3.63) is 47.5 Å². The zero-order valence-electron chi connectivity index (χ0n) is 22.8. The van der Waals surface area contributed by atoms with Crippen LogP contribution in [0.25, 0.3) is 0 Å². The van der Waals surface area contributed by atoms with Gasteiger partial charge in [-0.2, -0.15) is 0 Å². The highest BCUT2D eigenvalue weighted by Crippen LogP contribution is 2.33. The van der Waals surface area contributed by atoms with Crippen LogP contribution in [0.2, 0.25) is 0 Å². The molecule has 1 saturated heterocycles. The first-order chi connectivity index (χ1) is 18.3. The van der Waals surface area contributed by atoms with Crippen LogP contribution in [0.4, 0.5) is 11.4 Å². The fourth-order valence-electron chi connectivity index (χ4n) is 4.87. The Hall–Kier alpha value is -3.75. The highest BCUT2D eigenvalue weighted by atomic mass is 16.7. The number of ether oxygens (including phenoxy) is 2. The molecule has 1 N–H and O–H groups in total. The van der Waals surface area contributed by atoms with E-state index in [9.17, 15) is 14.4 Å². The molecule has 2 heterocycles. The molecule has 1 fully saturated rings. The van der Waals surface area contributed by atoms with Gasteiger partial charge in [-0.15, -0.1) is 0 Å². The molecule has 9 nitrogen and oxygen atoms in total. The third-order valence-electron chi connectivity index (χ3n) is 6.94. The molecule has 38 heavy (non-hydrogen) atoms. The van der Waals surface area contributed by atoms with Crippen molar-refractivity contribution in [3.8, 4) is 11.5 Å². The molecular formula is C29H38N4O5. The zero-order valence-corrected chi connectivity index (χ0v) is 22.8. The topological polar surface area (TPSA) is 91.4 Å². The maximum Gasteiger partial charge on any atom is 0.256 e. The van der Waals surface area contributed by atoms with E-state index in [0.29, 0.717) is 73.4 Å². The van der Waals surface area contributed by atoms with Gasteiger partial charge in [0.2, 0.25) is 12.7 Å². The lowest BCUT2D eigenvalue weighted by Gasteiger charge is -2.28. The third kappa shape index (κ3) is 6.20. The van der Waals surface area contributed by atoms with Gasteiger partial charge in [0.1, 0.15) is 0 Å². The van der Waals surface area contributed by atoms with Gasteiger partial charge in [0.05, 0.1) is 5.56 Å². The zero-order chi connectivity index (χ0) is 27.2. The molecule has 0 bridgehead atoms. The molecule has 0 atom stereocenters. The molecule has 2 aliphatic rings. The van der Waals surface area contributed by atoms with E-state index in [0.717, 1.165) is 18.7 Å². The predicted molar refractivity (Wildman–Crippen MR) is 147 cm³/mol. The second kappa shape index (κ2) is 12.2. The molecule has 204 valence electrons. The first-order valence-electron chi connectivity index (χ1n) is 13.5. The highest BCUT2D eigenvalue weighted by Gasteiger charge is 2.25. The molecule has 2 aromatic rings. The Labute approximate surface area is 224 Å². The van der Waals surface area contributed by atoms with Crippen LogP contribution in [0.15, 0.2) is 36.4 Å². The van der Waals surface area contributed by atoms with Crippen LogP contribution in [0.5, 0.6) is 11.5 Å². The summed E-state index contributed by atoms with van der Waals surface area (Å²) in [6.07, 6.45) is 1.37. The summed E-state index contributed by atoms with van der Waals surface area (Å²) in [4.78, 5) is 45.1. The predicted octanol–water partition coefficient (Wildman–Crippen LogP) is 4.23. The van der Waals surface area contributed by atoms with Crippen LogP contribution in [0.1, 0.15) is 61.3 Å². The Bertz CT molecular complexity index is 1180. The van der Waals surface area contributed by atoms with Gasteiger partial charge in [0.15, 0.2) is 11.5 Å². The molecular weight excluding hydrogens is 484 g/mol. The molecule has 2 aromatic carbocycles. The fourth-order valence-corrected chi connectivity index (χ4v) is 4.87. The number of nitrogens with one attached hydrogen (secondary N) is 1.